The average Bonchev–Trinajstić information content (AvgIpc) is 3.00. The SMILES string of the molecule is CCCCCCCCCCCCCCC(O)[C@@H](O)C(CO[Si](c1ccccc1)(c1ccccc1)C(C)(C)C)NC(=O)C(F)(F)F. The molecule has 0 spiro atoms. The fourth-order valence-corrected chi connectivity index (χ4v) is 10.7. The highest BCUT2D eigenvalue weighted by Gasteiger charge is 2.51. The number of carbonyl (C=O) groups is 1. The Morgan fingerprint density at radius 2 is 1.18 bits per heavy atom. The zero-order valence-electron chi connectivity index (χ0n) is 27.7. The second kappa shape index (κ2) is 19.5. The van der Waals surface area contributed by atoms with Gasteiger partial charge in [0.05, 0.1) is 18.8 Å². The van der Waals surface area contributed by atoms with E-state index in [2.05, 4.69) is 6.92 Å². The molecule has 0 saturated carbocycles. The molecule has 254 valence electrons. The molecule has 3 N–H and O–H groups in total. The van der Waals surface area contributed by atoms with E-state index in [9.17, 15) is 28.2 Å². The standard InChI is InChI=1S/C36H56F3NO4Si/c1-5-6-7-8-9-10-11-12-13-14-15-22-27-32(41)33(42)31(40-34(43)36(37,38)39)28-44-45(35(2,3)4,29-23-18-16-19-24-29)30-25-20-17-21-26-30/h16-21,23-26,31-33,41-42H,5-15,22,27-28H2,1-4H3,(H,40,43)/t31?,32?,33-/m0/s1. The minimum absolute atomic E-state index is 0.218. The first-order chi connectivity index (χ1) is 21.3. The number of amides is 1. The van der Waals surface area contributed by atoms with Crippen LogP contribution in [0.4, 0.5) is 13.2 Å². The lowest BCUT2D eigenvalue weighted by molar-refractivity contribution is -0.176. The van der Waals surface area contributed by atoms with Crippen LogP contribution in [-0.2, 0) is 9.22 Å². The van der Waals surface area contributed by atoms with Crippen LogP contribution in [-0.4, -0.2) is 55.5 Å². The molecular formula is C36H56F3NO4Si. The number of unbranched alkanes of at least 4 members (excludes halogenated alkanes) is 11. The van der Waals surface area contributed by atoms with Gasteiger partial charge in [-0.1, -0.05) is 165 Å². The van der Waals surface area contributed by atoms with Crippen molar-refractivity contribution in [2.75, 3.05) is 6.61 Å². The van der Waals surface area contributed by atoms with Gasteiger partial charge in [0.15, 0.2) is 0 Å². The predicted octanol–water partition coefficient (Wildman–Crippen LogP) is 7.42. The molecule has 0 heterocycles. The fourth-order valence-electron chi connectivity index (χ4n) is 6.09. The Morgan fingerprint density at radius 1 is 0.756 bits per heavy atom. The van der Waals surface area contributed by atoms with Crippen molar-refractivity contribution in [1.82, 2.24) is 5.32 Å². The summed E-state index contributed by atoms with van der Waals surface area (Å²) in [5.41, 5.74) is 0. The van der Waals surface area contributed by atoms with Crippen LogP contribution in [0.2, 0.25) is 5.04 Å². The quantitative estimate of drug-likeness (QED) is 0.0970. The minimum atomic E-state index is -5.14. The van der Waals surface area contributed by atoms with E-state index >= 15 is 0 Å². The number of hydrogen-bond acceptors (Lipinski definition) is 4. The number of carbonyl (C=O) groups excluding carboxylic acids is 1. The van der Waals surface area contributed by atoms with Crippen molar-refractivity contribution in [3.63, 3.8) is 0 Å². The van der Waals surface area contributed by atoms with Crippen molar-refractivity contribution in [3.05, 3.63) is 60.7 Å². The topological polar surface area (TPSA) is 78.8 Å². The Morgan fingerprint density at radius 3 is 1.58 bits per heavy atom. The van der Waals surface area contributed by atoms with Gasteiger partial charge in [0.1, 0.15) is 6.10 Å². The van der Waals surface area contributed by atoms with E-state index in [4.69, 9.17) is 4.43 Å². The lowest BCUT2D eigenvalue weighted by Gasteiger charge is -2.44. The van der Waals surface area contributed by atoms with Crippen LogP contribution in [0.25, 0.3) is 0 Å². The number of benzene rings is 2. The van der Waals surface area contributed by atoms with Gasteiger partial charge in [-0.3, -0.25) is 4.79 Å². The second-order valence-electron chi connectivity index (χ2n) is 13.3. The zero-order chi connectivity index (χ0) is 33.3. The summed E-state index contributed by atoms with van der Waals surface area (Å²) in [6.45, 7) is 7.91. The molecule has 0 saturated heterocycles. The molecule has 0 aliphatic carbocycles. The minimum Gasteiger partial charge on any atom is -0.405 e. The van der Waals surface area contributed by atoms with Crippen molar-refractivity contribution >= 4 is 24.6 Å². The monoisotopic (exact) mass is 651 g/mol. The van der Waals surface area contributed by atoms with Crippen LogP contribution in [0.3, 0.4) is 0 Å². The van der Waals surface area contributed by atoms with Gasteiger partial charge in [0, 0.05) is 0 Å². The molecule has 0 radical (unpaired) electrons. The summed E-state index contributed by atoms with van der Waals surface area (Å²) < 4.78 is 46.8. The summed E-state index contributed by atoms with van der Waals surface area (Å²) in [6, 6.07) is 17.7. The van der Waals surface area contributed by atoms with Crippen LogP contribution in [0, 0.1) is 0 Å². The number of aliphatic hydroxyl groups is 2. The molecule has 2 aromatic carbocycles. The molecule has 3 atom stereocenters. The number of nitrogens with one attached hydrogen (secondary N) is 1. The number of alkyl halides is 3. The van der Waals surface area contributed by atoms with Gasteiger partial charge in [-0.15, -0.1) is 0 Å². The van der Waals surface area contributed by atoms with Gasteiger partial charge in [-0.25, -0.2) is 0 Å². The maximum Gasteiger partial charge on any atom is 0.471 e. The van der Waals surface area contributed by atoms with Crippen LogP contribution >= 0.6 is 0 Å². The molecule has 2 aromatic rings. The molecular weight excluding hydrogens is 595 g/mol. The van der Waals surface area contributed by atoms with Gasteiger partial charge in [-0.05, 0) is 21.8 Å². The number of halogens is 3. The van der Waals surface area contributed by atoms with E-state index in [1.165, 1.54) is 51.4 Å². The maximum absolute atomic E-state index is 13.3. The van der Waals surface area contributed by atoms with Gasteiger partial charge >= 0.3 is 12.1 Å². The molecule has 45 heavy (non-hydrogen) atoms. The number of aliphatic hydroxyl groups excluding tert-OH is 2. The van der Waals surface area contributed by atoms with Crippen LogP contribution in [0.5, 0.6) is 0 Å². The molecule has 9 heteroatoms. The molecule has 1 amide bonds. The van der Waals surface area contributed by atoms with Crippen molar-refractivity contribution in [1.29, 1.82) is 0 Å². The maximum atomic E-state index is 13.3. The first kappa shape index (κ1) is 39.0. The van der Waals surface area contributed by atoms with E-state index in [0.717, 1.165) is 29.6 Å². The van der Waals surface area contributed by atoms with Crippen molar-refractivity contribution in [3.8, 4) is 0 Å². The highest BCUT2D eigenvalue weighted by atomic mass is 28.4. The lowest BCUT2D eigenvalue weighted by atomic mass is 9.99. The Hall–Kier alpha value is -2.20. The van der Waals surface area contributed by atoms with Crippen LogP contribution < -0.4 is 15.7 Å². The van der Waals surface area contributed by atoms with Gasteiger partial charge < -0.3 is 20.0 Å². The smallest absolute Gasteiger partial charge is 0.405 e. The zero-order valence-corrected chi connectivity index (χ0v) is 28.7. The highest BCUT2D eigenvalue weighted by Crippen LogP contribution is 2.37. The van der Waals surface area contributed by atoms with Gasteiger partial charge in [0.25, 0.3) is 8.32 Å². The van der Waals surface area contributed by atoms with E-state index in [1.807, 2.05) is 86.8 Å². The van der Waals surface area contributed by atoms with E-state index in [-0.39, 0.29) is 6.42 Å². The highest BCUT2D eigenvalue weighted by molar-refractivity contribution is 6.99. The van der Waals surface area contributed by atoms with Gasteiger partial charge in [0.2, 0.25) is 0 Å². The molecule has 0 aromatic heterocycles. The molecule has 2 rings (SSSR count). The van der Waals surface area contributed by atoms with Gasteiger partial charge in [-0.2, -0.15) is 13.2 Å². The van der Waals surface area contributed by atoms with Crippen molar-refractivity contribution < 1.29 is 32.6 Å². The van der Waals surface area contributed by atoms with E-state index in [1.54, 1.807) is 0 Å². The van der Waals surface area contributed by atoms with Crippen molar-refractivity contribution in [2.24, 2.45) is 0 Å². The summed E-state index contributed by atoms with van der Waals surface area (Å²) in [4.78, 5) is 12.1. The van der Waals surface area contributed by atoms with E-state index in [0.29, 0.717) is 6.42 Å². The summed E-state index contributed by atoms with van der Waals surface area (Å²) >= 11 is 0. The lowest BCUT2D eigenvalue weighted by Crippen LogP contribution is -2.68. The first-order valence-corrected chi connectivity index (χ1v) is 18.7. The van der Waals surface area contributed by atoms with Crippen molar-refractivity contribution in [2.45, 2.75) is 141 Å². The fraction of sp³-hybridized carbons (Fsp3) is 0.639. The largest absolute Gasteiger partial charge is 0.471 e. The first-order valence-electron chi connectivity index (χ1n) is 16.8. The molecule has 0 fully saturated rings. The number of hydrogen-bond donors (Lipinski definition) is 3. The Bertz CT molecular complexity index is 1040. The van der Waals surface area contributed by atoms with Crippen LogP contribution in [0.15, 0.2) is 60.7 Å². The molecule has 0 aliphatic heterocycles. The molecule has 2 unspecified atom stereocenters. The Balaban J connectivity index is 2.09. The molecule has 0 bridgehead atoms. The third kappa shape index (κ3) is 12.5. The Labute approximate surface area is 270 Å². The van der Waals surface area contributed by atoms with Crippen LogP contribution in [0.1, 0.15) is 111 Å². The molecule has 0 aliphatic rings. The third-order valence-electron chi connectivity index (χ3n) is 8.63. The Kier molecular flexibility index (Phi) is 16.9. The molecule has 5 nitrogen and oxygen atoms in total. The normalized spacial score (nSPS) is 14.6. The third-order valence-corrected chi connectivity index (χ3v) is 13.6. The summed E-state index contributed by atoms with van der Waals surface area (Å²) in [5.74, 6) is -2.17. The number of rotatable bonds is 21. The summed E-state index contributed by atoms with van der Waals surface area (Å²) in [5, 5.41) is 25.3. The summed E-state index contributed by atoms with van der Waals surface area (Å²) in [7, 11) is -3.17. The predicted molar refractivity (Wildman–Crippen MR) is 179 cm³/mol. The second-order valence-corrected chi connectivity index (χ2v) is 17.6. The summed E-state index contributed by atoms with van der Waals surface area (Å²) in [6.07, 6.45) is 5.85. The van der Waals surface area contributed by atoms with E-state index < -0.39 is 50.3 Å². The average molecular weight is 652 g/mol.